The molecule has 112 valence electrons. The molecule has 2 rings (SSSR count). The highest BCUT2D eigenvalue weighted by molar-refractivity contribution is 7.92. The number of rotatable bonds is 4. The number of benzene rings is 1. The Morgan fingerprint density at radius 1 is 1.40 bits per heavy atom. The Morgan fingerprint density at radius 3 is 2.70 bits per heavy atom. The summed E-state index contributed by atoms with van der Waals surface area (Å²) < 4.78 is 28.8. The van der Waals surface area contributed by atoms with Gasteiger partial charge in [-0.25, -0.2) is 8.42 Å². The topological polar surface area (TPSA) is 81.4 Å². The number of hydrazine groups is 1. The zero-order valence-electron chi connectivity index (χ0n) is 12.1. The van der Waals surface area contributed by atoms with Crippen molar-refractivity contribution in [3.63, 3.8) is 0 Å². The average molecular weight is 298 g/mol. The van der Waals surface area contributed by atoms with E-state index < -0.39 is 20.6 Å². The predicted molar refractivity (Wildman–Crippen MR) is 79.2 cm³/mol. The Morgan fingerprint density at radius 2 is 2.10 bits per heavy atom. The van der Waals surface area contributed by atoms with E-state index >= 15 is 0 Å². The number of nitrogens with two attached hydrogens (primary N) is 1. The Kier molecular flexibility index (Phi) is 4.09. The summed E-state index contributed by atoms with van der Waals surface area (Å²) in [6.45, 7) is 4.00. The first-order chi connectivity index (χ1) is 9.29. The minimum Gasteiger partial charge on any atom is -0.493 e. The highest BCUT2D eigenvalue weighted by Gasteiger charge is 2.41. The van der Waals surface area contributed by atoms with Crippen molar-refractivity contribution in [1.82, 2.24) is 5.43 Å². The fourth-order valence-electron chi connectivity index (χ4n) is 2.52. The van der Waals surface area contributed by atoms with Crippen LogP contribution in [0.4, 0.5) is 0 Å². The van der Waals surface area contributed by atoms with Crippen LogP contribution in [0.5, 0.6) is 5.75 Å². The summed E-state index contributed by atoms with van der Waals surface area (Å²) in [5, 5.41) is 0. The van der Waals surface area contributed by atoms with Crippen molar-refractivity contribution in [2.24, 2.45) is 5.84 Å². The molecule has 1 aromatic rings. The maximum Gasteiger partial charge on any atom is 0.154 e. The van der Waals surface area contributed by atoms with E-state index in [4.69, 9.17) is 10.6 Å². The summed E-state index contributed by atoms with van der Waals surface area (Å²) in [4.78, 5) is 0. The molecule has 1 atom stereocenters. The van der Waals surface area contributed by atoms with Gasteiger partial charge in [0.15, 0.2) is 9.84 Å². The van der Waals surface area contributed by atoms with E-state index in [-0.39, 0.29) is 0 Å². The first-order valence-corrected chi connectivity index (χ1v) is 8.58. The number of sulfone groups is 1. The molecule has 1 unspecified atom stereocenters. The molecule has 1 aliphatic heterocycles. The van der Waals surface area contributed by atoms with E-state index in [1.807, 2.05) is 18.2 Å². The summed E-state index contributed by atoms with van der Waals surface area (Å²) >= 11 is 0. The van der Waals surface area contributed by atoms with E-state index in [9.17, 15) is 8.42 Å². The third-order valence-corrected chi connectivity index (χ3v) is 6.24. The predicted octanol–water partition coefficient (Wildman–Crippen LogP) is 1.34. The lowest BCUT2D eigenvalue weighted by atomic mass is 9.91. The summed E-state index contributed by atoms with van der Waals surface area (Å²) in [6, 6.07) is 5.29. The highest BCUT2D eigenvalue weighted by Crippen LogP contribution is 2.39. The minimum atomic E-state index is -3.29. The number of hydrogen-bond donors (Lipinski definition) is 2. The zero-order chi connectivity index (χ0) is 15.0. The first-order valence-electron chi connectivity index (χ1n) is 6.69. The fraction of sp³-hybridized carbons (Fsp3) is 0.571. The number of hydrogen-bond acceptors (Lipinski definition) is 5. The second-order valence-corrected chi connectivity index (χ2v) is 8.36. The number of aryl methyl sites for hydroxylation is 1. The maximum atomic E-state index is 12.1. The molecule has 1 heterocycles. The van der Waals surface area contributed by atoms with Gasteiger partial charge < -0.3 is 4.74 Å². The van der Waals surface area contributed by atoms with Crippen LogP contribution in [0.25, 0.3) is 0 Å². The molecule has 1 aliphatic rings. The average Bonchev–Trinajstić information content (AvgIpc) is 2.38. The van der Waals surface area contributed by atoms with E-state index in [2.05, 4.69) is 5.43 Å². The molecule has 0 aliphatic carbocycles. The fourth-order valence-corrected chi connectivity index (χ4v) is 3.14. The van der Waals surface area contributed by atoms with Gasteiger partial charge in [-0.1, -0.05) is 18.2 Å². The highest BCUT2D eigenvalue weighted by atomic mass is 32.2. The van der Waals surface area contributed by atoms with E-state index in [0.717, 1.165) is 29.7 Å². The molecule has 1 aromatic carbocycles. The maximum absolute atomic E-state index is 12.1. The SMILES string of the molecule is CC(C)(C(NN)c1cccc2c1OCCC2)S(C)(=O)=O. The normalized spacial score (nSPS) is 17.2. The van der Waals surface area contributed by atoms with Crippen molar-refractivity contribution in [3.05, 3.63) is 29.3 Å². The van der Waals surface area contributed by atoms with Crippen LogP contribution in [0.1, 0.15) is 37.4 Å². The molecule has 0 fully saturated rings. The lowest BCUT2D eigenvalue weighted by molar-refractivity contribution is 0.278. The van der Waals surface area contributed by atoms with Crippen LogP contribution in [0.3, 0.4) is 0 Å². The van der Waals surface area contributed by atoms with Crippen LogP contribution < -0.4 is 16.0 Å². The van der Waals surface area contributed by atoms with Crippen LogP contribution in [0, 0.1) is 0 Å². The first kappa shape index (κ1) is 15.3. The van der Waals surface area contributed by atoms with Gasteiger partial charge in [0.2, 0.25) is 0 Å². The Bertz CT molecular complexity index is 596. The van der Waals surface area contributed by atoms with Crippen LogP contribution in [0.15, 0.2) is 18.2 Å². The molecule has 0 amide bonds. The van der Waals surface area contributed by atoms with Gasteiger partial charge in [0, 0.05) is 11.8 Å². The molecule has 0 aromatic heterocycles. The van der Waals surface area contributed by atoms with Crippen LogP contribution >= 0.6 is 0 Å². The van der Waals surface area contributed by atoms with Gasteiger partial charge in [-0.3, -0.25) is 11.3 Å². The van der Waals surface area contributed by atoms with Crippen molar-refractivity contribution in [2.45, 2.75) is 37.5 Å². The number of para-hydroxylation sites is 1. The summed E-state index contributed by atoms with van der Waals surface area (Å²) in [7, 11) is -3.29. The molecule has 20 heavy (non-hydrogen) atoms. The zero-order valence-corrected chi connectivity index (χ0v) is 13.0. The largest absolute Gasteiger partial charge is 0.493 e. The summed E-state index contributed by atoms with van der Waals surface area (Å²) in [6.07, 6.45) is 3.15. The molecule has 6 heteroatoms. The van der Waals surface area contributed by atoms with Gasteiger partial charge in [-0.15, -0.1) is 0 Å². The van der Waals surface area contributed by atoms with Gasteiger partial charge in [0.25, 0.3) is 0 Å². The lowest BCUT2D eigenvalue weighted by Gasteiger charge is -2.34. The molecule has 0 radical (unpaired) electrons. The molecule has 5 nitrogen and oxygen atoms in total. The number of nitrogens with one attached hydrogen (secondary N) is 1. The molecular weight excluding hydrogens is 276 g/mol. The smallest absolute Gasteiger partial charge is 0.154 e. The third-order valence-electron chi connectivity index (χ3n) is 4.09. The van der Waals surface area contributed by atoms with E-state index in [0.29, 0.717) is 6.61 Å². The Hall–Kier alpha value is -1.11. The van der Waals surface area contributed by atoms with E-state index in [1.54, 1.807) is 13.8 Å². The molecule has 0 saturated heterocycles. The molecule has 3 N–H and O–H groups in total. The van der Waals surface area contributed by atoms with Gasteiger partial charge in [0.05, 0.1) is 17.4 Å². The lowest BCUT2D eigenvalue weighted by Crippen LogP contribution is -2.47. The van der Waals surface area contributed by atoms with Crippen molar-refractivity contribution in [1.29, 1.82) is 0 Å². The Balaban J connectivity index is 2.53. The van der Waals surface area contributed by atoms with Crippen molar-refractivity contribution in [3.8, 4) is 5.75 Å². The number of ether oxygens (including phenoxy) is 1. The molecule has 0 spiro atoms. The van der Waals surface area contributed by atoms with Crippen molar-refractivity contribution in [2.75, 3.05) is 12.9 Å². The summed E-state index contributed by atoms with van der Waals surface area (Å²) in [5.74, 6) is 6.43. The van der Waals surface area contributed by atoms with Crippen LogP contribution in [-0.4, -0.2) is 26.0 Å². The third kappa shape index (κ3) is 2.55. The standard InChI is InChI=1S/C14H22N2O3S/c1-14(2,20(3,17)18)13(16-15)11-8-4-6-10-7-5-9-19-12(10)11/h4,6,8,13,16H,5,7,9,15H2,1-3H3. The second-order valence-electron chi connectivity index (χ2n) is 5.76. The summed E-state index contributed by atoms with van der Waals surface area (Å²) in [5.41, 5.74) is 4.57. The van der Waals surface area contributed by atoms with Gasteiger partial charge >= 0.3 is 0 Å². The van der Waals surface area contributed by atoms with Crippen molar-refractivity contribution >= 4 is 9.84 Å². The van der Waals surface area contributed by atoms with E-state index in [1.165, 1.54) is 6.26 Å². The Labute approximate surface area is 120 Å². The van der Waals surface area contributed by atoms with Gasteiger partial charge in [-0.2, -0.15) is 0 Å². The second kappa shape index (κ2) is 5.35. The number of fused-ring (bicyclic) bond motifs is 1. The molecule has 0 saturated carbocycles. The van der Waals surface area contributed by atoms with Gasteiger partial charge in [0.1, 0.15) is 5.75 Å². The molecular formula is C14H22N2O3S. The molecule has 0 bridgehead atoms. The minimum absolute atomic E-state index is 0.523. The van der Waals surface area contributed by atoms with Crippen molar-refractivity contribution < 1.29 is 13.2 Å². The monoisotopic (exact) mass is 298 g/mol. The van der Waals surface area contributed by atoms with Gasteiger partial charge in [-0.05, 0) is 32.3 Å². The van der Waals surface area contributed by atoms with Crippen LogP contribution in [0.2, 0.25) is 0 Å². The quantitative estimate of drug-likeness (QED) is 0.647. The van der Waals surface area contributed by atoms with Crippen LogP contribution in [-0.2, 0) is 16.3 Å².